The summed E-state index contributed by atoms with van der Waals surface area (Å²) in [6.07, 6.45) is 1.76. The Morgan fingerprint density at radius 2 is 1.82 bits per heavy atom. The van der Waals surface area contributed by atoms with Crippen LogP contribution >= 0.6 is 0 Å². The first kappa shape index (κ1) is 16.3. The number of hydrogen-bond acceptors (Lipinski definition) is 2. The highest BCUT2D eigenvalue weighted by Crippen LogP contribution is 2.18. The largest absolute Gasteiger partial charge is 0.393 e. The van der Waals surface area contributed by atoms with Crippen molar-refractivity contribution in [3.05, 3.63) is 48.0 Å². The molecule has 0 heterocycles. The molecule has 0 fully saturated rings. The number of urea groups is 1. The lowest BCUT2D eigenvalue weighted by molar-refractivity contribution is 0.160. The fourth-order valence-corrected chi connectivity index (χ4v) is 2.44. The van der Waals surface area contributed by atoms with Gasteiger partial charge in [0.15, 0.2) is 0 Å². The van der Waals surface area contributed by atoms with Gasteiger partial charge in [-0.1, -0.05) is 49.4 Å². The van der Waals surface area contributed by atoms with Gasteiger partial charge >= 0.3 is 6.03 Å². The number of aliphatic hydroxyl groups excluding tert-OH is 1. The molecule has 2 amide bonds. The van der Waals surface area contributed by atoms with Gasteiger partial charge in [-0.15, -0.1) is 0 Å². The van der Waals surface area contributed by atoms with E-state index in [2.05, 4.69) is 34.9 Å². The summed E-state index contributed by atoms with van der Waals surface area (Å²) in [4.78, 5) is 11.7. The number of nitrogens with one attached hydrogen (secondary N) is 2. The van der Waals surface area contributed by atoms with E-state index in [1.165, 1.54) is 16.3 Å². The molecule has 0 radical (unpaired) electrons. The fourth-order valence-electron chi connectivity index (χ4n) is 2.44. The molecule has 4 nitrogen and oxygen atoms in total. The van der Waals surface area contributed by atoms with Crippen molar-refractivity contribution in [2.75, 3.05) is 13.1 Å². The standard InChI is InChI=1S/C18H24N2O2/c1-2-16(21)11-13-20-18(22)19-12-10-15-8-5-7-14-6-3-4-9-17(14)15/h3-9,16,21H,2,10-13H2,1H3,(H2,19,20,22). The smallest absolute Gasteiger partial charge is 0.314 e. The molecule has 22 heavy (non-hydrogen) atoms. The van der Waals surface area contributed by atoms with Crippen LogP contribution < -0.4 is 10.6 Å². The number of rotatable bonds is 7. The minimum absolute atomic E-state index is 0.177. The van der Waals surface area contributed by atoms with Gasteiger partial charge in [0.05, 0.1) is 6.10 Å². The Morgan fingerprint density at radius 1 is 1.09 bits per heavy atom. The Morgan fingerprint density at radius 3 is 2.64 bits per heavy atom. The van der Waals surface area contributed by atoms with E-state index >= 15 is 0 Å². The minimum Gasteiger partial charge on any atom is -0.393 e. The molecular formula is C18H24N2O2. The van der Waals surface area contributed by atoms with Crippen LogP contribution in [-0.2, 0) is 6.42 Å². The number of benzene rings is 2. The summed E-state index contributed by atoms with van der Waals surface area (Å²) in [7, 11) is 0. The Bertz CT molecular complexity index is 608. The van der Waals surface area contributed by atoms with Gasteiger partial charge in [-0.2, -0.15) is 0 Å². The number of fused-ring (bicyclic) bond motifs is 1. The first-order valence-electron chi connectivity index (χ1n) is 7.87. The van der Waals surface area contributed by atoms with Crippen molar-refractivity contribution in [1.29, 1.82) is 0 Å². The van der Waals surface area contributed by atoms with Crippen LogP contribution in [-0.4, -0.2) is 30.3 Å². The van der Waals surface area contributed by atoms with Gasteiger partial charge in [-0.05, 0) is 35.6 Å². The lowest BCUT2D eigenvalue weighted by Crippen LogP contribution is -2.37. The maximum atomic E-state index is 11.7. The molecule has 0 aromatic heterocycles. The van der Waals surface area contributed by atoms with Gasteiger partial charge in [0.25, 0.3) is 0 Å². The molecule has 2 aromatic carbocycles. The van der Waals surface area contributed by atoms with Gasteiger partial charge in [0.1, 0.15) is 0 Å². The molecule has 0 aliphatic carbocycles. The SMILES string of the molecule is CCC(O)CCNC(=O)NCCc1cccc2ccccc12. The summed E-state index contributed by atoms with van der Waals surface area (Å²) in [5.41, 5.74) is 1.24. The second kappa shape index (κ2) is 8.39. The molecule has 1 atom stereocenters. The van der Waals surface area contributed by atoms with Crippen molar-refractivity contribution in [1.82, 2.24) is 10.6 Å². The minimum atomic E-state index is -0.337. The van der Waals surface area contributed by atoms with Crippen LogP contribution in [0.15, 0.2) is 42.5 Å². The molecule has 0 bridgehead atoms. The number of hydrogen-bond donors (Lipinski definition) is 3. The van der Waals surface area contributed by atoms with E-state index in [9.17, 15) is 9.90 Å². The van der Waals surface area contributed by atoms with Crippen molar-refractivity contribution in [2.45, 2.75) is 32.3 Å². The molecule has 1 unspecified atom stereocenters. The number of carbonyl (C=O) groups is 1. The average Bonchev–Trinajstić information content (AvgIpc) is 2.55. The number of aliphatic hydroxyl groups is 1. The fraction of sp³-hybridized carbons (Fsp3) is 0.389. The maximum absolute atomic E-state index is 11.7. The zero-order valence-electron chi connectivity index (χ0n) is 13.0. The van der Waals surface area contributed by atoms with Gasteiger partial charge in [0.2, 0.25) is 0 Å². The van der Waals surface area contributed by atoms with E-state index in [1.807, 2.05) is 25.1 Å². The number of carbonyl (C=O) groups excluding carboxylic acids is 1. The molecule has 0 aliphatic rings. The van der Waals surface area contributed by atoms with E-state index in [0.29, 0.717) is 25.9 Å². The monoisotopic (exact) mass is 300 g/mol. The van der Waals surface area contributed by atoms with Crippen molar-refractivity contribution >= 4 is 16.8 Å². The maximum Gasteiger partial charge on any atom is 0.314 e. The summed E-state index contributed by atoms with van der Waals surface area (Å²) >= 11 is 0. The summed E-state index contributed by atoms with van der Waals surface area (Å²) in [6, 6.07) is 14.3. The van der Waals surface area contributed by atoms with Crippen molar-refractivity contribution in [3.63, 3.8) is 0 Å². The zero-order chi connectivity index (χ0) is 15.8. The second-order valence-corrected chi connectivity index (χ2v) is 5.42. The van der Waals surface area contributed by atoms with Crippen LogP contribution in [0.4, 0.5) is 4.79 Å². The Kier molecular flexibility index (Phi) is 6.22. The normalized spacial score (nSPS) is 12.1. The van der Waals surface area contributed by atoms with E-state index < -0.39 is 0 Å². The zero-order valence-corrected chi connectivity index (χ0v) is 13.0. The molecule has 0 saturated carbocycles. The van der Waals surface area contributed by atoms with E-state index in [0.717, 1.165) is 6.42 Å². The predicted molar refractivity (Wildman–Crippen MR) is 90.0 cm³/mol. The second-order valence-electron chi connectivity index (χ2n) is 5.42. The van der Waals surface area contributed by atoms with E-state index in [1.54, 1.807) is 0 Å². The Balaban J connectivity index is 1.77. The Labute approximate surface area is 131 Å². The molecule has 0 saturated heterocycles. The summed E-state index contributed by atoms with van der Waals surface area (Å²) in [5.74, 6) is 0. The van der Waals surface area contributed by atoms with E-state index in [4.69, 9.17) is 0 Å². The third-order valence-electron chi connectivity index (χ3n) is 3.79. The summed E-state index contributed by atoms with van der Waals surface area (Å²) < 4.78 is 0. The quantitative estimate of drug-likeness (QED) is 0.736. The first-order valence-corrected chi connectivity index (χ1v) is 7.87. The van der Waals surface area contributed by atoms with Gasteiger partial charge < -0.3 is 15.7 Å². The van der Waals surface area contributed by atoms with Gasteiger partial charge in [-0.25, -0.2) is 4.79 Å². The lowest BCUT2D eigenvalue weighted by Gasteiger charge is -2.11. The van der Waals surface area contributed by atoms with Crippen LogP contribution in [0.5, 0.6) is 0 Å². The molecule has 0 aliphatic heterocycles. The van der Waals surface area contributed by atoms with Crippen LogP contribution in [0.3, 0.4) is 0 Å². The summed E-state index contributed by atoms with van der Waals surface area (Å²) in [6.45, 7) is 3.01. The highest BCUT2D eigenvalue weighted by atomic mass is 16.3. The van der Waals surface area contributed by atoms with Crippen LogP contribution in [0.1, 0.15) is 25.3 Å². The van der Waals surface area contributed by atoms with Crippen molar-refractivity contribution < 1.29 is 9.90 Å². The van der Waals surface area contributed by atoms with Crippen LogP contribution in [0, 0.1) is 0 Å². The van der Waals surface area contributed by atoms with Crippen LogP contribution in [0.2, 0.25) is 0 Å². The third kappa shape index (κ3) is 4.74. The molecule has 118 valence electrons. The molecule has 0 spiro atoms. The molecule has 2 aromatic rings. The van der Waals surface area contributed by atoms with Gasteiger partial charge in [-0.3, -0.25) is 0 Å². The molecular weight excluding hydrogens is 276 g/mol. The van der Waals surface area contributed by atoms with Crippen LogP contribution in [0.25, 0.3) is 10.8 Å². The first-order chi connectivity index (χ1) is 10.7. The topological polar surface area (TPSA) is 61.4 Å². The molecule has 4 heteroatoms. The molecule has 2 rings (SSSR count). The Hall–Kier alpha value is -2.07. The predicted octanol–water partition coefficient (Wildman–Crippen LogP) is 2.84. The third-order valence-corrected chi connectivity index (χ3v) is 3.79. The lowest BCUT2D eigenvalue weighted by atomic mass is 10.0. The highest BCUT2D eigenvalue weighted by molar-refractivity contribution is 5.85. The van der Waals surface area contributed by atoms with E-state index in [-0.39, 0.29) is 12.1 Å². The summed E-state index contributed by atoms with van der Waals surface area (Å²) in [5, 5.41) is 17.5. The van der Waals surface area contributed by atoms with Gasteiger partial charge in [0, 0.05) is 13.1 Å². The highest BCUT2D eigenvalue weighted by Gasteiger charge is 2.04. The number of amides is 2. The van der Waals surface area contributed by atoms with Crippen molar-refractivity contribution in [2.24, 2.45) is 0 Å². The average molecular weight is 300 g/mol. The molecule has 3 N–H and O–H groups in total. The van der Waals surface area contributed by atoms with Crippen molar-refractivity contribution in [3.8, 4) is 0 Å².